The number of anilines is 1. The smallest absolute Gasteiger partial charge is 0.285 e. The van der Waals surface area contributed by atoms with Crippen LogP contribution in [0, 0.1) is 0 Å². The molecule has 2 N–H and O–H groups in total. The van der Waals surface area contributed by atoms with Gasteiger partial charge in [-0.25, -0.2) is 8.42 Å². The highest BCUT2D eigenvalue weighted by Gasteiger charge is 2.27. The highest BCUT2D eigenvalue weighted by Crippen LogP contribution is 2.35. The molecule has 0 unspecified atom stereocenters. The van der Waals surface area contributed by atoms with Gasteiger partial charge in [-0.05, 0) is 75.1 Å². The number of para-hydroxylation sites is 1. The maximum Gasteiger partial charge on any atom is 0.285 e. The fourth-order valence-electron chi connectivity index (χ4n) is 3.80. The molecule has 39 heavy (non-hydrogen) atoms. The summed E-state index contributed by atoms with van der Waals surface area (Å²) in [5.41, 5.74) is 0.926. The molecule has 3 aromatic carbocycles. The van der Waals surface area contributed by atoms with Gasteiger partial charge in [0.1, 0.15) is 12.3 Å². The van der Waals surface area contributed by atoms with Crippen molar-refractivity contribution >= 4 is 49.8 Å². The Kier molecular flexibility index (Phi) is 8.85. The first-order valence-electron chi connectivity index (χ1n) is 12.1. The molecule has 12 heteroatoms. The number of aromatic amines is 1. The molecule has 0 spiro atoms. The monoisotopic (exact) mass is 569 g/mol. The molecular weight excluding hydrogens is 542 g/mol. The number of sulfonamides is 1. The molecule has 4 rings (SSSR count). The van der Waals surface area contributed by atoms with Crippen LogP contribution in [0.4, 0.5) is 11.4 Å². The van der Waals surface area contributed by atoms with Crippen LogP contribution in [-0.2, 0) is 14.8 Å². The average Bonchev–Trinajstić information content (AvgIpc) is 3.24. The standard InChI is InChI=1S/C27H28ClN5O5S/c1-32(2)16-5-17-38-21-12-14-22(15-13-21)39(36,37)33(20-10-8-19(28)9-11-20)18-25(34)30-31-26-23-6-3-4-7-24(23)29-27(26)35/h3-4,6-15,29,35H,5,16-18H2,1-2H3. The second-order valence-corrected chi connectivity index (χ2v) is 11.2. The average molecular weight is 570 g/mol. The molecule has 1 heterocycles. The van der Waals surface area contributed by atoms with Crippen molar-refractivity contribution in [1.82, 2.24) is 9.88 Å². The molecule has 204 valence electrons. The fourth-order valence-corrected chi connectivity index (χ4v) is 5.34. The third-order valence-corrected chi connectivity index (χ3v) is 7.78. The van der Waals surface area contributed by atoms with Crippen molar-refractivity contribution in [2.45, 2.75) is 11.3 Å². The molecule has 0 atom stereocenters. The quantitative estimate of drug-likeness (QED) is 0.185. The molecule has 10 nitrogen and oxygen atoms in total. The van der Waals surface area contributed by atoms with E-state index in [1.165, 1.54) is 36.4 Å². The molecule has 1 amide bonds. The molecule has 0 aliphatic heterocycles. The number of aromatic hydroxyl groups is 1. The minimum absolute atomic E-state index is 0.0305. The molecule has 0 aliphatic rings. The third kappa shape index (κ3) is 6.94. The summed E-state index contributed by atoms with van der Waals surface area (Å²) in [6.45, 7) is 0.736. The number of ether oxygens (including phenoxy) is 1. The lowest BCUT2D eigenvalue weighted by Gasteiger charge is -2.23. The van der Waals surface area contributed by atoms with Crippen molar-refractivity contribution in [1.29, 1.82) is 0 Å². The molecule has 0 saturated heterocycles. The Morgan fingerprint density at radius 1 is 1.03 bits per heavy atom. The van der Waals surface area contributed by atoms with E-state index in [9.17, 15) is 18.3 Å². The minimum atomic E-state index is -4.18. The number of nitrogens with one attached hydrogen (secondary N) is 1. The summed E-state index contributed by atoms with van der Waals surface area (Å²) in [6.07, 6.45) is 0.824. The second-order valence-electron chi connectivity index (χ2n) is 8.93. The number of carbonyl (C=O) groups excluding carboxylic acids is 1. The Morgan fingerprint density at radius 3 is 2.41 bits per heavy atom. The van der Waals surface area contributed by atoms with Gasteiger partial charge in [-0.1, -0.05) is 29.8 Å². The lowest BCUT2D eigenvalue weighted by Crippen LogP contribution is -2.35. The number of azo groups is 1. The van der Waals surface area contributed by atoms with E-state index in [-0.39, 0.29) is 22.2 Å². The van der Waals surface area contributed by atoms with Crippen molar-refractivity contribution in [3.05, 3.63) is 77.8 Å². The lowest BCUT2D eigenvalue weighted by molar-refractivity contribution is -0.116. The zero-order chi connectivity index (χ0) is 28.0. The van der Waals surface area contributed by atoms with Crippen LogP contribution in [0.15, 0.2) is 87.9 Å². The summed E-state index contributed by atoms with van der Waals surface area (Å²) in [6, 6.07) is 19.0. The van der Waals surface area contributed by atoms with E-state index in [1.807, 2.05) is 14.1 Å². The maximum atomic E-state index is 13.6. The van der Waals surface area contributed by atoms with Gasteiger partial charge in [0, 0.05) is 17.0 Å². The van der Waals surface area contributed by atoms with E-state index in [1.54, 1.807) is 36.4 Å². The molecule has 0 aliphatic carbocycles. The largest absolute Gasteiger partial charge is 0.494 e. The normalized spacial score (nSPS) is 11.9. The summed E-state index contributed by atoms with van der Waals surface area (Å²) < 4.78 is 33.9. The van der Waals surface area contributed by atoms with Gasteiger partial charge >= 0.3 is 0 Å². The van der Waals surface area contributed by atoms with Crippen LogP contribution in [-0.4, -0.2) is 63.1 Å². The lowest BCUT2D eigenvalue weighted by atomic mass is 10.2. The van der Waals surface area contributed by atoms with E-state index in [2.05, 4.69) is 20.1 Å². The van der Waals surface area contributed by atoms with Gasteiger partial charge in [-0.2, -0.15) is 0 Å². The number of aromatic nitrogens is 1. The van der Waals surface area contributed by atoms with Crippen LogP contribution < -0.4 is 9.04 Å². The number of H-pyrrole nitrogens is 1. The first-order chi connectivity index (χ1) is 18.6. The van der Waals surface area contributed by atoms with Crippen LogP contribution in [0.1, 0.15) is 6.42 Å². The maximum absolute atomic E-state index is 13.6. The summed E-state index contributed by atoms with van der Waals surface area (Å²) in [4.78, 5) is 17.6. The van der Waals surface area contributed by atoms with Gasteiger partial charge in [0.05, 0.1) is 22.7 Å². The summed E-state index contributed by atoms with van der Waals surface area (Å²) in [5, 5.41) is 18.7. The van der Waals surface area contributed by atoms with Gasteiger partial charge in [0.15, 0.2) is 5.69 Å². The highest BCUT2D eigenvalue weighted by molar-refractivity contribution is 7.92. The Balaban J connectivity index is 1.56. The second kappa shape index (κ2) is 12.3. The SMILES string of the molecule is CN(C)CCCOc1ccc(S(=O)(=O)N(CC(=O)N=Nc2c(O)[nH]c3ccccc23)c2ccc(Cl)cc2)cc1. The van der Waals surface area contributed by atoms with Gasteiger partial charge < -0.3 is 19.7 Å². The van der Waals surface area contributed by atoms with Gasteiger partial charge in [0.25, 0.3) is 15.9 Å². The number of benzene rings is 3. The van der Waals surface area contributed by atoms with E-state index in [4.69, 9.17) is 16.3 Å². The molecular formula is C27H28ClN5O5S. The summed E-state index contributed by atoms with van der Waals surface area (Å²) in [5.74, 6) is -0.549. The molecule has 0 bridgehead atoms. The van der Waals surface area contributed by atoms with Gasteiger partial charge in [-0.3, -0.25) is 9.10 Å². The van der Waals surface area contributed by atoms with E-state index < -0.39 is 22.5 Å². The first kappa shape index (κ1) is 28.1. The summed E-state index contributed by atoms with van der Waals surface area (Å²) >= 11 is 6.00. The predicted octanol–water partition coefficient (Wildman–Crippen LogP) is 5.36. The van der Waals surface area contributed by atoms with Crippen LogP contribution in [0.25, 0.3) is 10.9 Å². The van der Waals surface area contributed by atoms with E-state index in [0.29, 0.717) is 28.3 Å². The minimum Gasteiger partial charge on any atom is -0.494 e. The number of nitrogens with zero attached hydrogens (tertiary/aromatic N) is 4. The molecule has 0 fully saturated rings. The number of rotatable bonds is 11. The van der Waals surface area contributed by atoms with Crippen LogP contribution in [0.2, 0.25) is 5.02 Å². The van der Waals surface area contributed by atoms with Crippen LogP contribution >= 0.6 is 11.6 Å². The molecule has 0 radical (unpaired) electrons. The number of hydrogen-bond donors (Lipinski definition) is 2. The van der Waals surface area contributed by atoms with Crippen LogP contribution in [0.3, 0.4) is 0 Å². The molecule has 0 saturated carbocycles. The van der Waals surface area contributed by atoms with Crippen LogP contribution in [0.5, 0.6) is 11.6 Å². The Morgan fingerprint density at radius 2 is 1.72 bits per heavy atom. The van der Waals surface area contributed by atoms with Gasteiger partial charge in [0.2, 0.25) is 5.88 Å². The topological polar surface area (TPSA) is 128 Å². The van der Waals surface area contributed by atoms with Crippen molar-refractivity contribution in [3.8, 4) is 11.6 Å². The van der Waals surface area contributed by atoms with E-state index >= 15 is 0 Å². The van der Waals surface area contributed by atoms with Crippen molar-refractivity contribution in [2.24, 2.45) is 10.2 Å². The van der Waals surface area contributed by atoms with Crippen molar-refractivity contribution < 1.29 is 23.1 Å². The predicted molar refractivity (Wildman–Crippen MR) is 151 cm³/mol. The Bertz CT molecular complexity index is 1570. The molecule has 4 aromatic rings. The highest BCUT2D eigenvalue weighted by atomic mass is 35.5. The Labute approximate surface area is 231 Å². The number of carbonyl (C=O) groups is 1. The number of amides is 1. The molecule has 1 aromatic heterocycles. The first-order valence-corrected chi connectivity index (χ1v) is 13.9. The zero-order valence-electron chi connectivity index (χ0n) is 21.4. The number of fused-ring (bicyclic) bond motifs is 1. The third-order valence-electron chi connectivity index (χ3n) is 5.74. The van der Waals surface area contributed by atoms with E-state index in [0.717, 1.165) is 17.3 Å². The fraction of sp³-hybridized carbons (Fsp3) is 0.222. The number of hydrogen-bond acceptors (Lipinski definition) is 7. The Hall–Kier alpha value is -3.93. The zero-order valence-corrected chi connectivity index (χ0v) is 23.0. The van der Waals surface area contributed by atoms with Gasteiger partial charge in [-0.15, -0.1) is 10.2 Å². The van der Waals surface area contributed by atoms with Crippen molar-refractivity contribution in [2.75, 3.05) is 38.1 Å². The van der Waals surface area contributed by atoms with Crippen molar-refractivity contribution in [3.63, 3.8) is 0 Å². The summed E-state index contributed by atoms with van der Waals surface area (Å²) in [7, 11) is -0.227. The number of halogens is 1.